The third kappa shape index (κ3) is 3.61. The summed E-state index contributed by atoms with van der Waals surface area (Å²) in [5.41, 5.74) is 7.60. The summed E-state index contributed by atoms with van der Waals surface area (Å²) in [6.07, 6.45) is 0.885. The highest BCUT2D eigenvalue weighted by molar-refractivity contribution is 6.31. The van der Waals surface area contributed by atoms with Crippen molar-refractivity contribution >= 4 is 17.3 Å². The highest BCUT2D eigenvalue weighted by atomic mass is 35.5. The Morgan fingerprint density at radius 3 is 2.72 bits per heavy atom. The quantitative estimate of drug-likeness (QED) is 0.410. The fourth-order valence-corrected chi connectivity index (χ4v) is 3.94. The lowest BCUT2D eigenvalue weighted by Crippen LogP contribution is -2.21. The fraction of sp³-hybridized carbons (Fsp3) is 0.182. The van der Waals surface area contributed by atoms with Crippen LogP contribution in [0.5, 0.6) is 11.6 Å². The van der Waals surface area contributed by atoms with Gasteiger partial charge in [-0.25, -0.2) is 0 Å². The lowest BCUT2D eigenvalue weighted by atomic mass is 9.82. The summed E-state index contributed by atoms with van der Waals surface area (Å²) >= 11 is 6.41. The Hall–Kier alpha value is -4.03. The maximum Gasteiger partial charge on any atom is 0.275 e. The summed E-state index contributed by atoms with van der Waals surface area (Å²) in [6.45, 7) is 2.62. The number of halogens is 1. The number of nitrogens with zero attached hydrogens (tertiary/aromatic N) is 3. The van der Waals surface area contributed by atoms with Gasteiger partial charge in [-0.2, -0.15) is 5.26 Å². The van der Waals surface area contributed by atoms with Crippen LogP contribution in [0.25, 0.3) is 11.3 Å². The SMILES string of the molecule is CCCOc1ccc(-c2[nH]nc3c2C(c2c(Cl)cccc2[N+](=O)[O-])C(C#N)=C(N)O3)cc1. The number of hydrogen-bond acceptors (Lipinski definition) is 7. The maximum absolute atomic E-state index is 11.8. The number of H-pyrrole nitrogens is 1. The number of aromatic amines is 1. The number of benzene rings is 2. The summed E-state index contributed by atoms with van der Waals surface area (Å²) < 4.78 is 11.2. The van der Waals surface area contributed by atoms with E-state index < -0.39 is 10.8 Å². The molecule has 1 aliphatic heterocycles. The van der Waals surface area contributed by atoms with E-state index in [0.717, 1.165) is 12.0 Å². The van der Waals surface area contributed by atoms with Gasteiger partial charge in [0.05, 0.1) is 39.3 Å². The van der Waals surface area contributed by atoms with Crippen LogP contribution in [0.15, 0.2) is 53.9 Å². The number of nitro groups is 1. The van der Waals surface area contributed by atoms with E-state index >= 15 is 0 Å². The zero-order valence-corrected chi connectivity index (χ0v) is 17.7. The van der Waals surface area contributed by atoms with Gasteiger partial charge < -0.3 is 15.2 Å². The van der Waals surface area contributed by atoms with Crippen molar-refractivity contribution in [2.24, 2.45) is 5.73 Å². The average Bonchev–Trinajstić information content (AvgIpc) is 3.20. The van der Waals surface area contributed by atoms with E-state index in [2.05, 4.69) is 10.2 Å². The molecule has 162 valence electrons. The van der Waals surface area contributed by atoms with Crippen molar-refractivity contribution in [3.8, 4) is 29.0 Å². The first-order valence-electron chi connectivity index (χ1n) is 9.78. The minimum Gasteiger partial charge on any atom is -0.494 e. The van der Waals surface area contributed by atoms with Crippen LogP contribution in [0.1, 0.15) is 30.4 Å². The van der Waals surface area contributed by atoms with E-state index in [1.54, 1.807) is 0 Å². The second kappa shape index (κ2) is 8.61. The molecule has 1 aromatic heterocycles. The monoisotopic (exact) mass is 451 g/mol. The van der Waals surface area contributed by atoms with Crippen molar-refractivity contribution in [3.63, 3.8) is 0 Å². The highest BCUT2D eigenvalue weighted by Gasteiger charge is 2.40. The van der Waals surface area contributed by atoms with Gasteiger partial charge in [-0.05, 0) is 36.8 Å². The molecule has 0 bridgehead atoms. The summed E-state index contributed by atoms with van der Waals surface area (Å²) in [5, 5.41) is 28.8. The molecule has 0 radical (unpaired) electrons. The first-order chi connectivity index (χ1) is 15.5. The number of nitrogens with two attached hydrogens (primary N) is 1. The Kier molecular flexibility index (Phi) is 5.71. The number of hydrogen-bond donors (Lipinski definition) is 2. The van der Waals surface area contributed by atoms with Gasteiger partial charge in [0.25, 0.3) is 5.69 Å². The Balaban J connectivity index is 1.91. The van der Waals surface area contributed by atoms with Crippen LogP contribution in [-0.2, 0) is 0 Å². The van der Waals surface area contributed by atoms with Gasteiger partial charge in [0.15, 0.2) is 0 Å². The molecule has 3 aromatic rings. The molecule has 10 heteroatoms. The average molecular weight is 452 g/mol. The summed E-state index contributed by atoms with van der Waals surface area (Å²) in [6, 6.07) is 13.6. The van der Waals surface area contributed by atoms with Gasteiger partial charge in [-0.15, -0.1) is 5.10 Å². The Morgan fingerprint density at radius 1 is 1.31 bits per heavy atom. The third-order valence-electron chi connectivity index (χ3n) is 5.07. The molecule has 0 saturated carbocycles. The number of rotatable bonds is 6. The number of nitro benzene ring substituents is 1. The maximum atomic E-state index is 11.8. The number of aromatic nitrogens is 2. The second-order valence-corrected chi connectivity index (χ2v) is 7.45. The molecule has 1 unspecified atom stereocenters. The van der Waals surface area contributed by atoms with Crippen LogP contribution < -0.4 is 15.2 Å². The topological polar surface area (TPSA) is 140 Å². The van der Waals surface area contributed by atoms with E-state index in [1.165, 1.54) is 18.2 Å². The Labute approximate surface area is 188 Å². The van der Waals surface area contributed by atoms with Crippen LogP contribution in [0.4, 0.5) is 5.69 Å². The van der Waals surface area contributed by atoms with Crippen LogP contribution >= 0.6 is 11.6 Å². The predicted molar refractivity (Wildman–Crippen MR) is 117 cm³/mol. The highest BCUT2D eigenvalue weighted by Crippen LogP contribution is 2.49. The van der Waals surface area contributed by atoms with Crippen LogP contribution in [-0.4, -0.2) is 21.7 Å². The lowest BCUT2D eigenvalue weighted by molar-refractivity contribution is -0.385. The normalized spacial score (nSPS) is 15.0. The van der Waals surface area contributed by atoms with Gasteiger partial charge in [0.2, 0.25) is 11.8 Å². The zero-order valence-electron chi connectivity index (χ0n) is 17.0. The van der Waals surface area contributed by atoms with Crippen molar-refractivity contribution in [2.75, 3.05) is 6.61 Å². The molecule has 1 atom stereocenters. The van der Waals surface area contributed by atoms with Gasteiger partial charge in [0, 0.05) is 11.6 Å². The van der Waals surface area contributed by atoms with E-state index in [4.69, 9.17) is 26.8 Å². The van der Waals surface area contributed by atoms with E-state index in [0.29, 0.717) is 23.6 Å². The number of nitriles is 1. The molecular formula is C22H18ClN5O4. The number of fused-ring (bicyclic) bond motifs is 1. The van der Waals surface area contributed by atoms with Crippen LogP contribution in [0, 0.1) is 21.4 Å². The molecule has 0 spiro atoms. The number of ether oxygens (including phenoxy) is 2. The van der Waals surface area contributed by atoms with Gasteiger partial charge in [-0.3, -0.25) is 15.2 Å². The van der Waals surface area contributed by atoms with Crippen molar-refractivity contribution in [2.45, 2.75) is 19.3 Å². The van der Waals surface area contributed by atoms with E-state index in [-0.39, 0.29) is 33.6 Å². The van der Waals surface area contributed by atoms with Gasteiger partial charge >= 0.3 is 0 Å². The molecule has 9 nitrogen and oxygen atoms in total. The molecule has 0 saturated heterocycles. The van der Waals surface area contributed by atoms with E-state index in [9.17, 15) is 15.4 Å². The first-order valence-corrected chi connectivity index (χ1v) is 10.2. The lowest BCUT2D eigenvalue weighted by Gasteiger charge is -2.24. The summed E-state index contributed by atoms with van der Waals surface area (Å²) in [7, 11) is 0. The van der Waals surface area contributed by atoms with Crippen molar-refractivity contribution in [1.82, 2.24) is 10.2 Å². The summed E-state index contributed by atoms with van der Waals surface area (Å²) in [4.78, 5) is 11.2. The van der Waals surface area contributed by atoms with Gasteiger partial charge in [-0.1, -0.05) is 24.6 Å². The van der Waals surface area contributed by atoms with Crippen molar-refractivity contribution in [1.29, 1.82) is 5.26 Å². The molecule has 0 aliphatic carbocycles. The van der Waals surface area contributed by atoms with Crippen LogP contribution in [0.3, 0.4) is 0 Å². The molecular weight excluding hydrogens is 434 g/mol. The zero-order chi connectivity index (χ0) is 22.8. The number of allylic oxidation sites excluding steroid dienone is 1. The molecule has 1 aliphatic rings. The molecule has 2 aromatic carbocycles. The standard InChI is InChI=1S/C22H18ClN5O4/c1-2-10-31-13-8-6-12(7-9-13)20-19-17(14(11-24)21(25)32-22(19)27-26-20)18-15(23)4-3-5-16(18)28(29)30/h3-9,17H,2,10,25H2,1H3,(H,26,27). The smallest absolute Gasteiger partial charge is 0.275 e. The fourth-order valence-electron chi connectivity index (χ4n) is 3.66. The van der Waals surface area contributed by atoms with E-state index in [1.807, 2.05) is 37.3 Å². The largest absolute Gasteiger partial charge is 0.494 e. The van der Waals surface area contributed by atoms with Gasteiger partial charge in [0.1, 0.15) is 17.4 Å². The molecule has 4 rings (SSSR count). The predicted octanol–water partition coefficient (Wildman–Crippen LogP) is 4.65. The number of nitrogens with one attached hydrogen (secondary N) is 1. The Bertz CT molecular complexity index is 1260. The minimum absolute atomic E-state index is 0.0132. The second-order valence-electron chi connectivity index (χ2n) is 7.04. The summed E-state index contributed by atoms with van der Waals surface area (Å²) in [5.74, 6) is -0.286. The molecule has 32 heavy (non-hydrogen) atoms. The molecule has 0 amide bonds. The molecule has 3 N–H and O–H groups in total. The first kappa shape index (κ1) is 21.2. The van der Waals surface area contributed by atoms with Crippen molar-refractivity contribution in [3.05, 3.63) is 80.2 Å². The van der Waals surface area contributed by atoms with Crippen LogP contribution in [0.2, 0.25) is 5.02 Å². The minimum atomic E-state index is -0.942. The molecule has 0 fully saturated rings. The third-order valence-corrected chi connectivity index (χ3v) is 5.40. The molecule has 2 heterocycles. The Morgan fingerprint density at radius 2 is 2.06 bits per heavy atom. The van der Waals surface area contributed by atoms with Crippen molar-refractivity contribution < 1.29 is 14.4 Å².